The summed E-state index contributed by atoms with van der Waals surface area (Å²) in [6.45, 7) is 1.51. The van der Waals surface area contributed by atoms with E-state index in [1.54, 1.807) is 19.1 Å². The molecule has 0 aliphatic rings. The van der Waals surface area contributed by atoms with Crippen molar-refractivity contribution in [1.29, 1.82) is 0 Å². The Morgan fingerprint density at radius 3 is 2.56 bits per heavy atom. The molecule has 2 atom stereocenters. The fourth-order valence-electron chi connectivity index (χ4n) is 2.12. The topological polar surface area (TPSA) is 38.5 Å². The molecule has 0 amide bonds. The summed E-state index contributed by atoms with van der Waals surface area (Å²) in [5.74, 6) is 0.698. The van der Waals surface area contributed by atoms with Gasteiger partial charge in [0.15, 0.2) is 0 Å². The largest absolute Gasteiger partial charge is 0.497 e. The summed E-state index contributed by atoms with van der Waals surface area (Å²) in [5, 5.41) is 0. The molecule has 0 saturated heterocycles. The minimum Gasteiger partial charge on any atom is -0.497 e. The summed E-state index contributed by atoms with van der Waals surface area (Å²) in [6, 6.07) is 6.85. The molecule has 1 aromatic carbocycles. The van der Waals surface area contributed by atoms with Gasteiger partial charge >= 0.3 is 0 Å². The number of alkyl halides is 2. The minimum absolute atomic E-state index is 0.249. The molecule has 18 heavy (non-hydrogen) atoms. The Morgan fingerprint density at radius 2 is 2.06 bits per heavy atom. The van der Waals surface area contributed by atoms with Gasteiger partial charge in [0.1, 0.15) is 5.75 Å². The van der Waals surface area contributed by atoms with Crippen LogP contribution in [0.3, 0.4) is 0 Å². The predicted octanol–water partition coefficient (Wildman–Crippen LogP) is 2.28. The molecule has 0 aromatic heterocycles. The van der Waals surface area contributed by atoms with Crippen molar-refractivity contribution in [2.45, 2.75) is 25.4 Å². The lowest BCUT2D eigenvalue weighted by molar-refractivity contribution is 0.0754. The fourth-order valence-corrected chi connectivity index (χ4v) is 2.12. The molecule has 2 N–H and O–H groups in total. The van der Waals surface area contributed by atoms with Gasteiger partial charge in [-0.3, -0.25) is 4.90 Å². The van der Waals surface area contributed by atoms with E-state index in [1.165, 1.54) is 0 Å². The Balaban J connectivity index is 2.96. The molecule has 0 aliphatic heterocycles. The SMILES string of the molecule is COc1cccc(C(C(C)N)N(C)CC(F)F)c1. The summed E-state index contributed by atoms with van der Waals surface area (Å²) >= 11 is 0. The summed E-state index contributed by atoms with van der Waals surface area (Å²) in [6.07, 6.45) is -2.37. The van der Waals surface area contributed by atoms with Gasteiger partial charge in [-0.25, -0.2) is 8.78 Å². The monoisotopic (exact) mass is 258 g/mol. The third kappa shape index (κ3) is 3.92. The van der Waals surface area contributed by atoms with E-state index in [2.05, 4.69) is 0 Å². The highest BCUT2D eigenvalue weighted by Crippen LogP contribution is 2.26. The molecule has 1 aromatic rings. The van der Waals surface area contributed by atoms with E-state index in [0.29, 0.717) is 5.75 Å². The number of nitrogens with two attached hydrogens (primary N) is 1. The first kappa shape index (κ1) is 14.9. The molecule has 0 aliphatic carbocycles. The Kier molecular flexibility index (Phi) is 5.50. The first-order valence-corrected chi connectivity index (χ1v) is 5.83. The number of benzene rings is 1. The van der Waals surface area contributed by atoms with E-state index in [0.717, 1.165) is 5.56 Å². The van der Waals surface area contributed by atoms with Crippen LogP contribution in [0.1, 0.15) is 18.5 Å². The van der Waals surface area contributed by atoms with Gasteiger partial charge in [-0.1, -0.05) is 12.1 Å². The van der Waals surface area contributed by atoms with Crippen molar-refractivity contribution in [3.8, 4) is 5.75 Å². The summed E-state index contributed by atoms with van der Waals surface area (Å²) in [4.78, 5) is 1.57. The van der Waals surface area contributed by atoms with E-state index < -0.39 is 6.43 Å². The molecular formula is C13H20F2N2O. The maximum absolute atomic E-state index is 12.5. The molecule has 1 rings (SSSR count). The number of likely N-dealkylation sites (N-methyl/N-ethyl adjacent to an activating group) is 1. The zero-order valence-corrected chi connectivity index (χ0v) is 10.9. The second kappa shape index (κ2) is 6.66. The summed E-state index contributed by atoms with van der Waals surface area (Å²) < 4.78 is 30.1. The molecule has 0 bridgehead atoms. The van der Waals surface area contributed by atoms with Gasteiger partial charge < -0.3 is 10.5 Å². The van der Waals surface area contributed by atoms with E-state index in [9.17, 15) is 8.78 Å². The van der Waals surface area contributed by atoms with E-state index in [-0.39, 0.29) is 18.6 Å². The molecule has 0 spiro atoms. The van der Waals surface area contributed by atoms with Gasteiger partial charge in [-0.2, -0.15) is 0 Å². The second-order valence-electron chi connectivity index (χ2n) is 4.41. The molecule has 0 fully saturated rings. The van der Waals surface area contributed by atoms with Crippen LogP contribution in [0.5, 0.6) is 5.75 Å². The highest BCUT2D eigenvalue weighted by atomic mass is 19.3. The molecule has 0 heterocycles. The molecular weight excluding hydrogens is 238 g/mol. The number of hydrogen-bond donors (Lipinski definition) is 1. The van der Waals surface area contributed by atoms with Crippen molar-refractivity contribution in [2.75, 3.05) is 20.7 Å². The van der Waals surface area contributed by atoms with Crippen molar-refractivity contribution in [2.24, 2.45) is 5.73 Å². The highest BCUT2D eigenvalue weighted by molar-refractivity contribution is 5.31. The Labute approximate surface area is 107 Å². The second-order valence-corrected chi connectivity index (χ2v) is 4.41. The molecule has 102 valence electrons. The van der Waals surface area contributed by atoms with Gasteiger partial charge in [-0.15, -0.1) is 0 Å². The Bertz CT molecular complexity index is 372. The zero-order valence-electron chi connectivity index (χ0n) is 10.9. The minimum atomic E-state index is -2.37. The molecule has 3 nitrogen and oxygen atoms in total. The lowest BCUT2D eigenvalue weighted by Crippen LogP contribution is -2.39. The van der Waals surface area contributed by atoms with Crippen LogP contribution in [0.4, 0.5) is 8.78 Å². The van der Waals surface area contributed by atoms with Gasteiger partial charge in [0.25, 0.3) is 6.43 Å². The fraction of sp³-hybridized carbons (Fsp3) is 0.538. The molecule has 2 unspecified atom stereocenters. The number of rotatable bonds is 6. The van der Waals surface area contributed by atoms with Crippen LogP contribution in [-0.4, -0.2) is 38.1 Å². The van der Waals surface area contributed by atoms with Crippen molar-refractivity contribution >= 4 is 0 Å². The van der Waals surface area contributed by atoms with Gasteiger partial charge in [-0.05, 0) is 31.7 Å². The number of methoxy groups -OCH3 is 1. The van der Waals surface area contributed by atoms with Crippen molar-refractivity contribution in [3.63, 3.8) is 0 Å². The Morgan fingerprint density at radius 1 is 1.39 bits per heavy atom. The van der Waals surface area contributed by atoms with Crippen molar-refractivity contribution in [3.05, 3.63) is 29.8 Å². The normalized spacial score (nSPS) is 14.9. The maximum atomic E-state index is 12.5. The maximum Gasteiger partial charge on any atom is 0.251 e. The van der Waals surface area contributed by atoms with Crippen LogP contribution in [0.25, 0.3) is 0 Å². The first-order chi connectivity index (χ1) is 8.45. The number of hydrogen-bond acceptors (Lipinski definition) is 3. The Hall–Kier alpha value is -1.20. The van der Waals surface area contributed by atoms with Crippen LogP contribution in [0.2, 0.25) is 0 Å². The summed E-state index contributed by atoms with van der Waals surface area (Å²) in [7, 11) is 3.22. The summed E-state index contributed by atoms with van der Waals surface area (Å²) in [5.41, 5.74) is 6.79. The average molecular weight is 258 g/mol. The predicted molar refractivity (Wildman–Crippen MR) is 68.0 cm³/mol. The molecule has 0 saturated carbocycles. The average Bonchev–Trinajstić information content (AvgIpc) is 2.28. The van der Waals surface area contributed by atoms with Crippen LogP contribution in [-0.2, 0) is 0 Å². The lowest BCUT2D eigenvalue weighted by atomic mass is 9.99. The van der Waals surface area contributed by atoms with Crippen LogP contribution in [0, 0.1) is 0 Å². The lowest BCUT2D eigenvalue weighted by Gasteiger charge is -2.31. The molecule has 5 heteroatoms. The van der Waals surface area contributed by atoms with E-state index in [4.69, 9.17) is 10.5 Å². The third-order valence-corrected chi connectivity index (χ3v) is 2.83. The number of nitrogens with zero attached hydrogens (tertiary/aromatic N) is 1. The van der Waals surface area contributed by atoms with Crippen LogP contribution in [0.15, 0.2) is 24.3 Å². The van der Waals surface area contributed by atoms with Gasteiger partial charge in [0.2, 0.25) is 0 Å². The van der Waals surface area contributed by atoms with Gasteiger partial charge in [0, 0.05) is 12.1 Å². The molecule has 0 radical (unpaired) electrons. The third-order valence-electron chi connectivity index (χ3n) is 2.83. The standard InChI is InChI=1S/C13H20F2N2O/c1-9(16)13(17(2)8-12(14)15)10-5-4-6-11(7-10)18-3/h4-7,9,12-13H,8,16H2,1-3H3. The van der Waals surface area contributed by atoms with E-state index in [1.807, 2.05) is 31.2 Å². The number of ether oxygens (including phenoxy) is 1. The van der Waals surface area contributed by atoms with Crippen molar-refractivity contribution < 1.29 is 13.5 Å². The van der Waals surface area contributed by atoms with Gasteiger partial charge in [0.05, 0.1) is 13.7 Å². The quantitative estimate of drug-likeness (QED) is 0.850. The highest BCUT2D eigenvalue weighted by Gasteiger charge is 2.23. The van der Waals surface area contributed by atoms with Crippen LogP contribution < -0.4 is 10.5 Å². The van der Waals surface area contributed by atoms with Crippen LogP contribution >= 0.6 is 0 Å². The van der Waals surface area contributed by atoms with E-state index >= 15 is 0 Å². The smallest absolute Gasteiger partial charge is 0.251 e. The number of halogens is 2. The van der Waals surface area contributed by atoms with Crippen molar-refractivity contribution in [1.82, 2.24) is 4.90 Å². The first-order valence-electron chi connectivity index (χ1n) is 5.83. The zero-order chi connectivity index (χ0) is 13.7.